The molecule has 0 unspecified atom stereocenters. The van der Waals surface area contributed by atoms with E-state index in [-0.39, 0.29) is 5.82 Å². The summed E-state index contributed by atoms with van der Waals surface area (Å²) in [5, 5.41) is 3.32. The highest BCUT2D eigenvalue weighted by Crippen LogP contribution is 2.19. The van der Waals surface area contributed by atoms with Gasteiger partial charge in [-0.05, 0) is 30.7 Å². The van der Waals surface area contributed by atoms with Crippen LogP contribution in [-0.4, -0.2) is 4.98 Å². The lowest BCUT2D eigenvalue weighted by atomic mass is 10.1. The van der Waals surface area contributed by atoms with Gasteiger partial charge in [0.15, 0.2) is 0 Å². The minimum absolute atomic E-state index is 0.296. The summed E-state index contributed by atoms with van der Waals surface area (Å²) in [6.45, 7) is 3.45. The van der Waals surface area contributed by atoms with E-state index < -0.39 is 0 Å². The number of nitrogens with zero attached hydrogens (tertiary/aromatic N) is 1. The fourth-order valence-corrected chi connectivity index (χ4v) is 2.30. The number of aromatic nitrogens is 1. The average molecular weight is 296 g/mol. The molecule has 0 aliphatic heterocycles. The molecule has 0 saturated carbocycles. The second kappa shape index (κ2) is 6.54. The molecule has 4 heteroatoms. The molecule has 3 aromatic rings. The minimum Gasteiger partial charge on any atom is -0.444 e. The number of aryl methyl sites for hydroxylation is 1. The first-order valence-corrected chi connectivity index (χ1v) is 7.17. The van der Waals surface area contributed by atoms with Crippen LogP contribution >= 0.6 is 0 Å². The topological polar surface area (TPSA) is 38.1 Å². The van der Waals surface area contributed by atoms with Crippen LogP contribution in [0.2, 0.25) is 0 Å². The summed E-state index contributed by atoms with van der Waals surface area (Å²) < 4.78 is 18.6. The van der Waals surface area contributed by atoms with Crippen molar-refractivity contribution in [2.45, 2.75) is 20.0 Å². The summed E-state index contributed by atoms with van der Waals surface area (Å²) in [5.41, 5.74) is 3.92. The van der Waals surface area contributed by atoms with Crippen LogP contribution in [0, 0.1) is 12.7 Å². The Kier molecular flexibility index (Phi) is 4.30. The molecular formula is C18H17FN2O. The van der Waals surface area contributed by atoms with Crippen molar-refractivity contribution in [1.82, 2.24) is 10.3 Å². The van der Waals surface area contributed by atoms with E-state index in [1.165, 1.54) is 23.3 Å². The predicted octanol–water partition coefficient (Wildman–Crippen LogP) is 4.08. The number of oxazole rings is 1. The van der Waals surface area contributed by atoms with Crippen molar-refractivity contribution in [2.24, 2.45) is 0 Å². The zero-order valence-corrected chi connectivity index (χ0v) is 12.3. The minimum atomic E-state index is -0.296. The van der Waals surface area contributed by atoms with Crippen LogP contribution in [0.1, 0.15) is 16.8 Å². The summed E-state index contributed by atoms with van der Waals surface area (Å²) in [4.78, 5) is 4.37. The van der Waals surface area contributed by atoms with E-state index in [0.717, 1.165) is 12.2 Å². The Morgan fingerprint density at radius 1 is 1.09 bits per heavy atom. The lowest BCUT2D eigenvalue weighted by Crippen LogP contribution is -2.12. The molecular weight excluding hydrogens is 279 g/mol. The average Bonchev–Trinajstić information content (AvgIpc) is 2.96. The lowest BCUT2D eigenvalue weighted by Gasteiger charge is -2.03. The first-order valence-electron chi connectivity index (χ1n) is 7.17. The van der Waals surface area contributed by atoms with E-state index in [1.807, 2.05) is 6.07 Å². The first kappa shape index (κ1) is 14.5. The van der Waals surface area contributed by atoms with E-state index in [1.54, 1.807) is 18.4 Å². The van der Waals surface area contributed by atoms with E-state index in [4.69, 9.17) is 4.42 Å². The monoisotopic (exact) mass is 296 g/mol. The van der Waals surface area contributed by atoms with Crippen molar-refractivity contribution in [2.75, 3.05) is 0 Å². The van der Waals surface area contributed by atoms with Gasteiger partial charge in [0.1, 0.15) is 12.1 Å². The van der Waals surface area contributed by atoms with Gasteiger partial charge in [-0.3, -0.25) is 0 Å². The van der Waals surface area contributed by atoms with Gasteiger partial charge in [0.05, 0.1) is 5.69 Å². The number of hydrogen-bond donors (Lipinski definition) is 1. The van der Waals surface area contributed by atoms with Gasteiger partial charge >= 0.3 is 0 Å². The maximum Gasteiger partial charge on any atom is 0.226 e. The van der Waals surface area contributed by atoms with Gasteiger partial charge in [-0.1, -0.05) is 35.9 Å². The molecule has 112 valence electrons. The second-order valence-corrected chi connectivity index (χ2v) is 5.25. The number of halogens is 1. The predicted molar refractivity (Wildman–Crippen MR) is 83.6 cm³/mol. The standard InChI is InChI=1S/C18H17FN2O/c1-13-4-2-5-14(8-13)10-20-11-17-12-22-18(21-17)15-6-3-7-16(19)9-15/h2-9,12,20H,10-11H2,1H3. The van der Waals surface area contributed by atoms with Crippen LogP contribution in [-0.2, 0) is 13.1 Å². The third-order valence-electron chi connectivity index (χ3n) is 3.34. The summed E-state index contributed by atoms with van der Waals surface area (Å²) >= 11 is 0. The fourth-order valence-electron chi connectivity index (χ4n) is 2.30. The molecule has 1 N–H and O–H groups in total. The molecule has 0 amide bonds. The Labute approximate surface area is 128 Å². The Hall–Kier alpha value is -2.46. The molecule has 1 heterocycles. The molecule has 22 heavy (non-hydrogen) atoms. The third-order valence-corrected chi connectivity index (χ3v) is 3.34. The van der Waals surface area contributed by atoms with Gasteiger partial charge in [-0.2, -0.15) is 0 Å². The van der Waals surface area contributed by atoms with Gasteiger partial charge in [-0.25, -0.2) is 9.37 Å². The van der Waals surface area contributed by atoms with Crippen LogP contribution in [0.4, 0.5) is 4.39 Å². The Bertz CT molecular complexity index is 767. The molecule has 0 radical (unpaired) electrons. The highest BCUT2D eigenvalue weighted by molar-refractivity contribution is 5.52. The van der Waals surface area contributed by atoms with Crippen LogP contribution < -0.4 is 5.32 Å². The van der Waals surface area contributed by atoms with Gasteiger partial charge in [0, 0.05) is 18.7 Å². The largest absolute Gasteiger partial charge is 0.444 e. The highest BCUT2D eigenvalue weighted by Gasteiger charge is 2.07. The number of hydrogen-bond acceptors (Lipinski definition) is 3. The van der Waals surface area contributed by atoms with Gasteiger partial charge in [0.25, 0.3) is 0 Å². The zero-order chi connectivity index (χ0) is 15.4. The molecule has 0 bridgehead atoms. The zero-order valence-electron chi connectivity index (χ0n) is 12.3. The third kappa shape index (κ3) is 3.59. The highest BCUT2D eigenvalue weighted by atomic mass is 19.1. The molecule has 0 aliphatic rings. The van der Waals surface area contributed by atoms with Crippen LogP contribution in [0.5, 0.6) is 0 Å². The Morgan fingerprint density at radius 2 is 1.95 bits per heavy atom. The second-order valence-electron chi connectivity index (χ2n) is 5.25. The first-order chi connectivity index (χ1) is 10.7. The molecule has 0 fully saturated rings. The Morgan fingerprint density at radius 3 is 2.77 bits per heavy atom. The lowest BCUT2D eigenvalue weighted by molar-refractivity contribution is 0.568. The van der Waals surface area contributed by atoms with E-state index in [9.17, 15) is 4.39 Å². The maximum absolute atomic E-state index is 13.2. The molecule has 3 nitrogen and oxygen atoms in total. The summed E-state index contributed by atoms with van der Waals surface area (Å²) in [7, 11) is 0. The van der Waals surface area contributed by atoms with E-state index in [2.05, 4.69) is 35.4 Å². The number of nitrogens with one attached hydrogen (secondary N) is 1. The van der Waals surface area contributed by atoms with Crippen molar-refractivity contribution in [3.8, 4) is 11.5 Å². The van der Waals surface area contributed by atoms with Gasteiger partial charge < -0.3 is 9.73 Å². The fraction of sp³-hybridized carbons (Fsp3) is 0.167. The van der Waals surface area contributed by atoms with Crippen LogP contribution in [0.25, 0.3) is 11.5 Å². The smallest absolute Gasteiger partial charge is 0.226 e. The van der Waals surface area contributed by atoms with Crippen molar-refractivity contribution in [3.05, 3.63) is 77.4 Å². The van der Waals surface area contributed by atoms with Crippen molar-refractivity contribution < 1.29 is 8.81 Å². The molecule has 0 aliphatic carbocycles. The summed E-state index contributed by atoms with van der Waals surface area (Å²) in [6, 6.07) is 14.6. The normalized spacial score (nSPS) is 10.8. The quantitative estimate of drug-likeness (QED) is 0.771. The molecule has 0 spiro atoms. The van der Waals surface area contributed by atoms with Crippen molar-refractivity contribution in [1.29, 1.82) is 0 Å². The van der Waals surface area contributed by atoms with E-state index >= 15 is 0 Å². The SMILES string of the molecule is Cc1cccc(CNCc2coc(-c3cccc(F)c3)n2)c1. The number of benzene rings is 2. The number of rotatable bonds is 5. The van der Waals surface area contributed by atoms with Crippen LogP contribution in [0.3, 0.4) is 0 Å². The van der Waals surface area contributed by atoms with Gasteiger partial charge in [0.2, 0.25) is 5.89 Å². The molecule has 3 rings (SSSR count). The molecule has 1 aromatic heterocycles. The van der Waals surface area contributed by atoms with Crippen LogP contribution in [0.15, 0.2) is 59.2 Å². The van der Waals surface area contributed by atoms with Crippen molar-refractivity contribution in [3.63, 3.8) is 0 Å². The Balaban J connectivity index is 1.60. The van der Waals surface area contributed by atoms with Gasteiger partial charge in [-0.15, -0.1) is 0 Å². The van der Waals surface area contributed by atoms with E-state index in [0.29, 0.717) is 18.0 Å². The summed E-state index contributed by atoms with van der Waals surface area (Å²) in [5.74, 6) is 0.140. The maximum atomic E-state index is 13.2. The molecule has 0 atom stereocenters. The summed E-state index contributed by atoms with van der Waals surface area (Å²) in [6.07, 6.45) is 1.60. The van der Waals surface area contributed by atoms with Crippen molar-refractivity contribution >= 4 is 0 Å². The molecule has 2 aromatic carbocycles. The molecule has 0 saturated heterocycles.